The van der Waals surface area contributed by atoms with Crippen molar-refractivity contribution in [1.29, 1.82) is 0 Å². The second-order valence-electron chi connectivity index (χ2n) is 7.43. The zero-order chi connectivity index (χ0) is 23.1. The van der Waals surface area contributed by atoms with Gasteiger partial charge in [-0.3, -0.25) is 4.79 Å². The number of carbonyl (C=O) groups is 2. The minimum Gasteiger partial charge on any atom is -0.452 e. The fraction of sp³-hybridized carbons (Fsp3) is 0.364. The Bertz CT molecular complexity index is 1100. The lowest BCUT2D eigenvalue weighted by Gasteiger charge is -2.21. The molecule has 0 aliphatic carbocycles. The number of amides is 1. The van der Waals surface area contributed by atoms with Gasteiger partial charge in [-0.05, 0) is 71.6 Å². The van der Waals surface area contributed by atoms with Crippen molar-refractivity contribution in [1.82, 2.24) is 4.31 Å². The Labute approximate surface area is 195 Å². The molecule has 0 bridgehead atoms. The van der Waals surface area contributed by atoms with E-state index in [1.807, 2.05) is 0 Å². The SMILES string of the molecule is Cc1ccc(NC(=O)COC(=O)C=Cc2ccc(Br)o2)cc1S(=O)(=O)N1CCCCCC1. The van der Waals surface area contributed by atoms with Crippen LogP contribution in [0.5, 0.6) is 0 Å². The smallest absolute Gasteiger partial charge is 0.331 e. The van der Waals surface area contributed by atoms with Gasteiger partial charge < -0.3 is 14.5 Å². The van der Waals surface area contributed by atoms with Crippen LogP contribution >= 0.6 is 15.9 Å². The summed E-state index contributed by atoms with van der Waals surface area (Å²) < 4.78 is 38.4. The molecule has 1 fully saturated rings. The average Bonchev–Trinajstić information content (AvgIpc) is 2.99. The maximum absolute atomic E-state index is 13.1. The lowest BCUT2D eigenvalue weighted by atomic mass is 10.2. The van der Waals surface area contributed by atoms with Crippen LogP contribution in [-0.4, -0.2) is 44.3 Å². The van der Waals surface area contributed by atoms with Crippen molar-refractivity contribution in [2.24, 2.45) is 0 Å². The average molecular weight is 525 g/mol. The van der Waals surface area contributed by atoms with Crippen LogP contribution in [-0.2, 0) is 24.3 Å². The van der Waals surface area contributed by atoms with Gasteiger partial charge in [0.2, 0.25) is 10.0 Å². The largest absolute Gasteiger partial charge is 0.452 e. The number of hydrogen-bond acceptors (Lipinski definition) is 6. The lowest BCUT2D eigenvalue weighted by Crippen LogP contribution is -2.32. The van der Waals surface area contributed by atoms with Crippen LogP contribution in [0.15, 0.2) is 50.4 Å². The summed E-state index contributed by atoms with van der Waals surface area (Å²) in [4.78, 5) is 24.1. The Morgan fingerprint density at radius 2 is 1.88 bits per heavy atom. The Balaban J connectivity index is 1.60. The predicted octanol–water partition coefficient (Wildman–Crippen LogP) is 4.11. The number of hydrogen-bond donors (Lipinski definition) is 1. The van der Waals surface area contributed by atoms with E-state index in [0.717, 1.165) is 31.8 Å². The molecule has 10 heteroatoms. The van der Waals surface area contributed by atoms with Crippen molar-refractivity contribution < 1.29 is 27.2 Å². The van der Waals surface area contributed by atoms with Gasteiger partial charge in [0.15, 0.2) is 11.3 Å². The molecule has 1 aliphatic rings. The van der Waals surface area contributed by atoms with E-state index in [0.29, 0.717) is 34.8 Å². The van der Waals surface area contributed by atoms with Crippen molar-refractivity contribution in [3.8, 4) is 0 Å². The van der Waals surface area contributed by atoms with Gasteiger partial charge in [0, 0.05) is 24.9 Å². The molecule has 172 valence electrons. The van der Waals surface area contributed by atoms with E-state index in [9.17, 15) is 18.0 Å². The standard InChI is InChI=1S/C22H25BrN2O6S/c1-16-6-7-17(14-19(16)32(28,29)25-12-4-2-3-5-13-25)24-21(26)15-30-22(27)11-9-18-8-10-20(23)31-18/h6-11,14H,2-5,12-13,15H2,1H3,(H,24,26). The van der Waals surface area contributed by atoms with Crippen molar-refractivity contribution in [3.63, 3.8) is 0 Å². The molecule has 0 saturated carbocycles. The van der Waals surface area contributed by atoms with Gasteiger partial charge in [-0.25, -0.2) is 13.2 Å². The van der Waals surface area contributed by atoms with Crippen molar-refractivity contribution in [2.75, 3.05) is 25.0 Å². The number of nitrogens with one attached hydrogen (secondary N) is 1. The highest BCUT2D eigenvalue weighted by Gasteiger charge is 2.27. The first-order valence-electron chi connectivity index (χ1n) is 10.3. The van der Waals surface area contributed by atoms with Crippen LogP contribution in [0.3, 0.4) is 0 Å². The molecule has 1 aromatic heterocycles. The molecule has 3 rings (SSSR count). The highest BCUT2D eigenvalue weighted by atomic mass is 79.9. The summed E-state index contributed by atoms with van der Waals surface area (Å²) in [6.45, 7) is 2.21. The van der Waals surface area contributed by atoms with E-state index in [1.165, 1.54) is 16.4 Å². The summed E-state index contributed by atoms with van der Waals surface area (Å²) in [5, 5.41) is 2.58. The maximum Gasteiger partial charge on any atom is 0.331 e. The highest BCUT2D eigenvalue weighted by molar-refractivity contribution is 9.10. The molecule has 0 unspecified atom stereocenters. The van der Waals surface area contributed by atoms with Gasteiger partial charge in [-0.2, -0.15) is 4.31 Å². The van der Waals surface area contributed by atoms with Gasteiger partial charge in [0.1, 0.15) is 5.76 Å². The van der Waals surface area contributed by atoms with Crippen LogP contribution in [0.1, 0.15) is 37.0 Å². The topological polar surface area (TPSA) is 106 Å². The van der Waals surface area contributed by atoms with Gasteiger partial charge in [-0.15, -0.1) is 0 Å². The number of furan rings is 1. The van der Waals surface area contributed by atoms with Crippen LogP contribution in [0.4, 0.5) is 5.69 Å². The first-order valence-corrected chi connectivity index (χ1v) is 12.5. The third-order valence-electron chi connectivity index (χ3n) is 4.98. The van der Waals surface area contributed by atoms with Crippen molar-refractivity contribution >= 4 is 49.6 Å². The van der Waals surface area contributed by atoms with E-state index >= 15 is 0 Å². The van der Waals surface area contributed by atoms with E-state index in [2.05, 4.69) is 21.2 Å². The molecule has 1 aromatic carbocycles. The first-order chi connectivity index (χ1) is 15.3. The van der Waals surface area contributed by atoms with Crippen LogP contribution < -0.4 is 5.32 Å². The molecule has 1 aliphatic heterocycles. The summed E-state index contributed by atoms with van der Waals surface area (Å²) in [7, 11) is -3.66. The van der Waals surface area contributed by atoms with Crippen LogP contribution in [0.25, 0.3) is 6.08 Å². The van der Waals surface area contributed by atoms with Crippen molar-refractivity contribution in [2.45, 2.75) is 37.5 Å². The van der Waals surface area contributed by atoms with Gasteiger partial charge in [-0.1, -0.05) is 18.9 Å². The number of benzene rings is 1. The fourth-order valence-electron chi connectivity index (χ4n) is 3.33. The minimum atomic E-state index is -3.66. The number of sulfonamides is 1. The molecule has 1 amide bonds. The monoisotopic (exact) mass is 524 g/mol. The molecular weight excluding hydrogens is 500 g/mol. The quantitative estimate of drug-likeness (QED) is 0.431. The van der Waals surface area contributed by atoms with Crippen molar-refractivity contribution in [3.05, 3.63) is 52.4 Å². The fourth-order valence-corrected chi connectivity index (χ4v) is 5.41. The number of ether oxygens (including phenoxy) is 1. The zero-order valence-electron chi connectivity index (χ0n) is 17.7. The number of carbonyl (C=O) groups excluding carboxylic acids is 2. The predicted molar refractivity (Wildman–Crippen MR) is 123 cm³/mol. The lowest BCUT2D eigenvalue weighted by molar-refractivity contribution is -0.142. The summed E-state index contributed by atoms with van der Waals surface area (Å²) in [5.74, 6) is -0.827. The van der Waals surface area contributed by atoms with Crippen LogP contribution in [0, 0.1) is 6.92 Å². The number of anilines is 1. The molecule has 32 heavy (non-hydrogen) atoms. The van der Waals surface area contributed by atoms with E-state index < -0.39 is 28.5 Å². The number of aryl methyl sites for hydroxylation is 1. The second kappa shape index (κ2) is 10.9. The van der Waals surface area contributed by atoms with Crippen LogP contribution in [0.2, 0.25) is 0 Å². The normalized spacial score (nSPS) is 15.4. The van der Waals surface area contributed by atoms with Gasteiger partial charge in [0.25, 0.3) is 5.91 Å². The molecule has 1 N–H and O–H groups in total. The summed E-state index contributed by atoms with van der Waals surface area (Å²) in [5.41, 5.74) is 0.925. The molecule has 0 atom stereocenters. The van der Waals surface area contributed by atoms with E-state index in [1.54, 1.807) is 31.2 Å². The molecule has 0 radical (unpaired) electrons. The number of halogens is 1. The summed E-state index contributed by atoms with van der Waals surface area (Å²) in [6.07, 6.45) is 6.29. The highest BCUT2D eigenvalue weighted by Crippen LogP contribution is 2.26. The molecule has 8 nitrogen and oxygen atoms in total. The molecule has 2 aromatic rings. The molecular formula is C22H25BrN2O6S. The Hall–Kier alpha value is -2.43. The number of esters is 1. The third kappa shape index (κ3) is 6.54. The molecule has 2 heterocycles. The van der Waals surface area contributed by atoms with E-state index in [-0.39, 0.29) is 4.90 Å². The maximum atomic E-state index is 13.1. The molecule has 1 saturated heterocycles. The first kappa shape index (κ1) is 24.2. The number of rotatable bonds is 7. The van der Waals surface area contributed by atoms with Gasteiger partial charge >= 0.3 is 5.97 Å². The second-order valence-corrected chi connectivity index (χ2v) is 10.1. The molecule has 0 spiro atoms. The third-order valence-corrected chi connectivity index (χ3v) is 7.44. The Morgan fingerprint density at radius 3 is 2.53 bits per heavy atom. The number of nitrogens with zero attached hydrogens (tertiary/aromatic N) is 1. The zero-order valence-corrected chi connectivity index (χ0v) is 20.1. The summed E-state index contributed by atoms with van der Waals surface area (Å²) in [6, 6.07) is 8.06. The Morgan fingerprint density at radius 1 is 1.16 bits per heavy atom. The minimum absolute atomic E-state index is 0.168. The summed E-state index contributed by atoms with van der Waals surface area (Å²) >= 11 is 3.16. The Kier molecular flexibility index (Phi) is 8.27. The van der Waals surface area contributed by atoms with Gasteiger partial charge in [0.05, 0.1) is 4.90 Å². The van der Waals surface area contributed by atoms with E-state index in [4.69, 9.17) is 9.15 Å².